The van der Waals surface area contributed by atoms with Gasteiger partial charge in [-0.2, -0.15) is 0 Å². The van der Waals surface area contributed by atoms with Crippen molar-refractivity contribution in [2.45, 2.75) is 39.0 Å². The topological polar surface area (TPSA) is 20.3 Å². The van der Waals surface area contributed by atoms with Crippen LogP contribution < -0.4 is 0 Å². The van der Waals surface area contributed by atoms with Gasteiger partial charge in [-0.25, -0.2) is 0 Å². The zero-order chi connectivity index (χ0) is 12.8. The molecule has 1 amide bonds. The van der Waals surface area contributed by atoms with Crippen LogP contribution in [0.15, 0.2) is 18.2 Å². The normalized spacial score (nSPS) is 18.5. The molecule has 0 N–H and O–H groups in total. The summed E-state index contributed by atoms with van der Waals surface area (Å²) in [6.07, 6.45) is 0. The predicted molar refractivity (Wildman–Crippen MR) is 70.5 cm³/mol. The molecule has 2 rings (SSSR count). The summed E-state index contributed by atoms with van der Waals surface area (Å²) in [7, 11) is 1.88. The Balaban J connectivity index is 2.59. The number of nitrogens with zero attached hydrogens (tertiary/aromatic N) is 1. The van der Waals surface area contributed by atoms with Crippen LogP contribution >= 0.6 is 0 Å². The highest BCUT2D eigenvalue weighted by atomic mass is 16.2. The van der Waals surface area contributed by atoms with Crippen molar-refractivity contribution in [2.24, 2.45) is 0 Å². The first-order chi connectivity index (χ1) is 7.83. The van der Waals surface area contributed by atoms with E-state index in [-0.39, 0.29) is 11.3 Å². The minimum Gasteiger partial charge on any atom is -0.341 e. The van der Waals surface area contributed by atoms with Crippen molar-refractivity contribution < 1.29 is 4.79 Å². The molecule has 0 aromatic heterocycles. The van der Waals surface area contributed by atoms with Crippen molar-refractivity contribution in [3.8, 4) is 0 Å². The van der Waals surface area contributed by atoms with E-state index in [1.807, 2.05) is 11.9 Å². The van der Waals surface area contributed by atoms with Crippen LogP contribution in [-0.4, -0.2) is 24.4 Å². The van der Waals surface area contributed by atoms with Gasteiger partial charge in [0.2, 0.25) is 0 Å². The summed E-state index contributed by atoms with van der Waals surface area (Å²) < 4.78 is 0. The number of fused-ring (bicyclic) bond motifs is 1. The van der Waals surface area contributed by atoms with Crippen LogP contribution in [0.25, 0.3) is 0 Å². The number of likely N-dealkylation sites (N-methyl/N-ethyl adjacent to an activating group) is 1. The molecule has 1 heterocycles. The standard InChI is InChI=1S/C15H21NO/c1-10(2)11-6-7-13-12(8-11)14(17)16(5)9-15(13,3)4/h6-8,10H,9H2,1-5H3. The third-order valence-corrected chi connectivity index (χ3v) is 3.65. The predicted octanol–water partition coefficient (Wildman–Crippen LogP) is 3.17. The van der Waals surface area contributed by atoms with Crippen LogP contribution in [0, 0.1) is 0 Å². The molecule has 92 valence electrons. The molecule has 0 bridgehead atoms. The van der Waals surface area contributed by atoms with Gasteiger partial charge in [0.25, 0.3) is 5.91 Å². The average molecular weight is 231 g/mol. The van der Waals surface area contributed by atoms with Crippen LogP contribution in [0.5, 0.6) is 0 Å². The van der Waals surface area contributed by atoms with Crippen molar-refractivity contribution in [3.05, 3.63) is 34.9 Å². The first-order valence-corrected chi connectivity index (χ1v) is 6.23. The molecule has 0 aliphatic carbocycles. The maximum absolute atomic E-state index is 12.2. The molecule has 1 aromatic carbocycles. The fourth-order valence-corrected chi connectivity index (χ4v) is 2.64. The highest BCUT2D eigenvalue weighted by molar-refractivity contribution is 5.97. The van der Waals surface area contributed by atoms with Gasteiger partial charge in [-0.05, 0) is 23.1 Å². The maximum atomic E-state index is 12.2. The molecule has 1 aliphatic rings. The molecule has 17 heavy (non-hydrogen) atoms. The van der Waals surface area contributed by atoms with E-state index in [0.29, 0.717) is 5.92 Å². The summed E-state index contributed by atoms with van der Waals surface area (Å²) in [4.78, 5) is 14.0. The Morgan fingerprint density at radius 1 is 1.29 bits per heavy atom. The highest BCUT2D eigenvalue weighted by Gasteiger charge is 2.34. The zero-order valence-corrected chi connectivity index (χ0v) is 11.4. The number of hydrogen-bond acceptors (Lipinski definition) is 1. The minimum atomic E-state index is 0.0491. The van der Waals surface area contributed by atoms with Crippen LogP contribution in [-0.2, 0) is 5.41 Å². The summed E-state index contributed by atoms with van der Waals surface area (Å²) in [5, 5.41) is 0. The Hall–Kier alpha value is -1.31. The van der Waals surface area contributed by atoms with Gasteiger partial charge in [0.15, 0.2) is 0 Å². The average Bonchev–Trinajstić information content (AvgIpc) is 2.25. The summed E-state index contributed by atoms with van der Waals surface area (Å²) in [5.41, 5.74) is 3.36. The van der Waals surface area contributed by atoms with Crippen molar-refractivity contribution in [2.75, 3.05) is 13.6 Å². The van der Waals surface area contributed by atoms with Gasteiger partial charge >= 0.3 is 0 Å². The quantitative estimate of drug-likeness (QED) is 0.727. The van der Waals surface area contributed by atoms with Crippen molar-refractivity contribution in [3.63, 3.8) is 0 Å². The minimum absolute atomic E-state index is 0.0491. The van der Waals surface area contributed by atoms with Crippen LogP contribution in [0.3, 0.4) is 0 Å². The molecule has 0 unspecified atom stereocenters. The molecule has 0 atom stereocenters. The summed E-state index contributed by atoms with van der Waals surface area (Å²) in [6.45, 7) is 9.50. The number of amides is 1. The monoisotopic (exact) mass is 231 g/mol. The fraction of sp³-hybridized carbons (Fsp3) is 0.533. The van der Waals surface area contributed by atoms with E-state index in [9.17, 15) is 4.79 Å². The highest BCUT2D eigenvalue weighted by Crippen LogP contribution is 2.34. The summed E-state index contributed by atoms with van der Waals surface area (Å²) >= 11 is 0. The zero-order valence-electron chi connectivity index (χ0n) is 11.4. The first kappa shape index (κ1) is 12.2. The van der Waals surface area contributed by atoms with Gasteiger partial charge in [0, 0.05) is 24.6 Å². The Kier molecular flexibility index (Phi) is 2.76. The fourth-order valence-electron chi connectivity index (χ4n) is 2.64. The lowest BCUT2D eigenvalue weighted by atomic mass is 9.77. The van der Waals surface area contributed by atoms with E-state index in [1.165, 1.54) is 11.1 Å². The summed E-state index contributed by atoms with van der Waals surface area (Å²) in [6, 6.07) is 6.36. The second-order valence-electron chi connectivity index (χ2n) is 6.00. The van der Waals surface area contributed by atoms with E-state index in [4.69, 9.17) is 0 Å². The lowest BCUT2D eigenvalue weighted by Crippen LogP contribution is -2.44. The smallest absolute Gasteiger partial charge is 0.253 e. The van der Waals surface area contributed by atoms with E-state index in [0.717, 1.165) is 12.1 Å². The van der Waals surface area contributed by atoms with Gasteiger partial charge in [-0.15, -0.1) is 0 Å². The lowest BCUT2D eigenvalue weighted by Gasteiger charge is -2.38. The van der Waals surface area contributed by atoms with Gasteiger partial charge in [-0.1, -0.05) is 39.8 Å². The van der Waals surface area contributed by atoms with Gasteiger partial charge in [-0.3, -0.25) is 4.79 Å². The first-order valence-electron chi connectivity index (χ1n) is 6.23. The number of hydrogen-bond donors (Lipinski definition) is 0. The van der Waals surface area contributed by atoms with E-state index in [1.54, 1.807) is 0 Å². The Morgan fingerprint density at radius 3 is 2.53 bits per heavy atom. The Labute approximate surface area is 104 Å². The third-order valence-electron chi connectivity index (χ3n) is 3.65. The SMILES string of the molecule is CC(C)c1ccc2c(c1)C(=O)N(C)CC2(C)C. The van der Waals surface area contributed by atoms with E-state index >= 15 is 0 Å². The second kappa shape index (κ2) is 3.86. The molecule has 0 saturated heterocycles. The molecule has 0 radical (unpaired) electrons. The number of rotatable bonds is 1. The maximum Gasteiger partial charge on any atom is 0.253 e. The Morgan fingerprint density at radius 2 is 1.94 bits per heavy atom. The number of carbonyl (C=O) groups excluding carboxylic acids is 1. The van der Waals surface area contributed by atoms with Crippen molar-refractivity contribution in [1.29, 1.82) is 0 Å². The molecule has 2 nitrogen and oxygen atoms in total. The molecular formula is C15H21NO. The van der Waals surface area contributed by atoms with E-state index < -0.39 is 0 Å². The number of carbonyl (C=O) groups is 1. The largest absolute Gasteiger partial charge is 0.341 e. The molecule has 0 saturated carbocycles. The molecule has 0 fully saturated rings. The van der Waals surface area contributed by atoms with Crippen LogP contribution in [0.2, 0.25) is 0 Å². The van der Waals surface area contributed by atoms with Crippen LogP contribution in [0.1, 0.15) is 55.1 Å². The molecule has 1 aliphatic heterocycles. The number of benzene rings is 1. The van der Waals surface area contributed by atoms with Gasteiger partial charge in [0.05, 0.1) is 0 Å². The molecular weight excluding hydrogens is 210 g/mol. The summed E-state index contributed by atoms with van der Waals surface area (Å²) in [5.74, 6) is 0.616. The van der Waals surface area contributed by atoms with Crippen LogP contribution in [0.4, 0.5) is 0 Å². The molecule has 2 heteroatoms. The third kappa shape index (κ3) is 1.97. The Bertz CT molecular complexity index is 460. The van der Waals surface area contributed by atoms with Gasteiger partial charge < -0.3 is 4.90 Å². The van der Waals surface area contributed by atoms with E-state index in [2.05, 4.69) is 45.9 Å². The van der Waals surface area contributed by atoms with Crippen molar-refractivity contribution >= 4 is 5.91 Å². The van der Waals surface area contributed by atoms with Gasteiger partial charge in [0.1, 0.15) is 0 Å². The second-order valence-corrected chi connectivity index (χ2v) is 6.00. The molecule has 0 spiro atoms. The van der Waals surface area contributed by atoms with Crippen molar-refractivity contribution in [1.82, 2.24) is 4.90 Å². The molecule has 1 aromatic rings. The lowest BCUT2D eigenvalue weighted by molar-refractivity contribution is 0.0737.